The summed E-state index contributed by atoms with van der Waals surface area (Å²) in [5, 5.41) is 5.95. The maximum atomic E-state index is 12.0. The molecular formula is C12H12ClN3OS. The Hall–Kier alpha value is -1.46. The topological polar surface area (TPSA) is 54.9 Å². The van der Waals surface area contributed by atoms with Crippen molar-refractivity contribution in [2.24, 2.45) is 0 Å². The van der Waals surface area contributed by atoms with Crippen molar-refractivity contribution in [3.63, 3.8) is 0 Å². The smallest absolute Gasteiger partial charge is 0.252 e. The van der Waals surface area contributed by atoms with Gasteiger partial charge in [0.05, 0.1) is 6.04 Å². The van der Waals surface area contributed by atoms with Crippen LogP contribution in [0.25, 0.3) is 0 Å². The lowest BCUT2D eigenvalue weighted by atomic mass is 10.2. The number of halogens is 1. The molecule has 0 aliphatic carbocycles. The average molecular weight is 282 g/mol. The van der Waals surface area contributed by atoms with Crippen LogP contribution in [-0.2, 0) is 0 Å². The maximum absolute atomic E-state index is 12.0. The number of nitrogens with zero attached hydrogens (tertiary/aromatic N) is 2. The molecule has 0 saturated heterocycles. The molecule has 2 rings (SSSR count). The summed E-state index contributed by atoms with van der Waals surface area (Å²) in [5.74, 6) is -0.176. The fourth-order valence-corrected chi connectivity index (χ4v) is 2.45. The van der Waals surface area contributed by atoms with E-state index in [1.807, 2.05) is 12.3 Å². The van der Waals surface area contributed by atoms with E-state index in [2.05, 4.69) is 15.3 Å². The van der Waals surface area contributed by atoms with Gasteiger partial charge in [-0.3, -0.25) is 4.79 Å². The third-order valence-electron chi connectivity index (χ3n) is 2.35. The van der Waals surface area contributed by atoms with Crippen molar-refractivity contribution in [2.45, 2.75) is 19.9 Å². The second-order valence-corrected chi connectivity index (χ2v) is 5.20. The number of aryl methyl sites for hydroxylation is 1. The molecule has 0 saturated carbocycles. The van der Waals surface area contributed by atoms with Crippen LogP contribution in [0.4, 0.5) is 0 Å². The second kappa shape index (κ2) is 5.46. The molecule has 0 bridgehead atoms. The Morgan fingerprint density at radius 2 is 2.28 bits per heavy atom. The van der Waals surface area contributed by atoms with Crippen molar-refractivity contribution < 1.29 is 4.79 Å². The molecule has 0 fully saturated rings. The number of amides is 1. The van der Waals surface area contributed by atoms with E-state index in [-0.39, 0.29) is 11.9 Å². The molecule has 0 aliphatic rings. The number of nitrogens with one attached hydrogen (secondary N) is 1. The van der Waals surface area contributed by atoms with E-state index < -0.39 is 0 Å². The first kappa shape index (κ1) is 13.0. The first-order valence-corrected chi connectivity index (χ1v) is 6.66. The van der Waals surface area contributed by atoms with Crippen LogP contribution in [-0.4, -0.2) is 15.9 Å². The Balaban J connectivity index is 2.12. The molecule has 0 aromatic carbocycles. The van der Waals surface area contributed by atoms with Crippen LogP contribution in [0, 0.1) is 6.92 Å². The normalized spacial score (nSPS) is 12.2. The van der Waals surface area contributed by atoms with E-state index in [1.165, 1.54) is 11.3 Å². The molecule has 0 spiro atoms. The first-order valence-electron chi connectivity index (χ1n) is 5.40. The van der Waals surface area contributed by atoms with Crippen LogP contribution < -0.4 is 5.32 Å². The Morgan fingerprint density at radius 3 is 2.89 bits per heavy atom. The SMILES string of the molecule is Cc1cc(C(=O)NC(C)c2nccs2)cc(Cl)n1. The molecule has 1 atom stereocenters. The highest BCUT2D eigenvalue weighted by atomic mass is 35.5. The van der Waals surface area contributed by atoms with Crippen molar-refractivity contribution in [2.75, 3.05) is 0 Å². The summed E-state index contributed by atoms with van der Waals surface area (Å²) in [6, 6.07) is 3.14. The molecular weight excluding hydrogens is 270 g/mol. The summed E-state index contributed by atoms with van der Waals surface area (Å²) in [4.78, 5) is 20.2. The summed E-state index contributed by atoms with van der Waals surface area (Å²) in [6.45, 7) is 3.69. The third kappa shape index (κ3) is 3.05. The molecule has 1 N–H and O–H groups in total. The van der Waals surface area contributed by atoms with Gasteiger partial charge in [0.1, 0.15) is 10.2 Å². The van der Waals surface area contributed by atoms with Gasteiger partial charge in [0.25, 0.3) is 5.91 Å². The van der Waals surface area contributed by atoms with Crippen molar-refractivity contribution in [1.29, 1.82) is 0 Å². The van der Waals surface area contributed by atoms with E-state index >= 15 is 0 Å². The largest absolute Gasteiger partial charge is 0.343 e. The number of carbonyl (C=O) groups excluding carboxylic acids is 1. The minimum Gasteiger partial charge on any atom is -0.343 e. The fraction of sp³-hybridized carbons (Fsp3) is 0.250. The first-order chi connectivity index (χ1) is 8.56. The number of hydrogen-bond acceptors (Lipinski definition) is 4. The van der Waals surface area contributed by atoms with Gasteiger partial charge in [-0.15, -0.1) is 11.3 Å². The highest BCUT2D eigenvalue weighted by molar-refractivity contribution is 7.09. The van der Waals surface area contributed by atoms with Gasteiger partial charge in [-0.05, 0) is 26.0 Å². The Morgan fingerprint density at radius 1 is 1.50 bits per heavy atom. The number of aromatic nitrogens is 2. The van der Waals surface area contributed by atoms with E-state index in [9.17, 15) is 4.79 Å². The molecule has 2 aromatic rings. The Kier molecular flexibility index (Phi) is 3.93. The average Bonchev–Trinajstić information content (AvgIpc) is 2.80. The Bertz CT molecular complexity index is 536. The van der Waals surface area contributed by atoms with Gasteiger partial charge in [-0.2, -0.15) is 0 Å². The highest BCUT2D eigenvalue weighted by Gasteiger charge is 2.14. The summed E-state index contributed by atoms with van der Waals surface area (Å²) < 4.78 is 0. The number of thiazole rings is 1. The molecule has 2 heterocycles. The lowest BCUT2D eigenvalue weighted by Gasteiger charge is -2.11. The molecule has 0 aliphatic heterocycles. The zero-order chi connectivity index (χ0) is 13.1. The van der Waals surface area contributed by atoms with Crippen molar-refractivity contribution >= 4 is 28.8 Å². The molecule has 94 valence electrons. The van der Waals surface area contributed by atoms with Crippen LogP contribution in [0.15, 0.2) is 23.7 Å². The van der Waals surface area contributed by atoms with Crippen LogP contribution in [0.2, 0.25) is 5.15 Å². The minimum absolute atomic E-state index is 0.121. The predicted molar refractivity (Wildman–Crippen MR) is 72.0 cm³/mol. The van der Waals surface area contributed by atoms with Gasteiger partial charge in [0, 0.05) is 22.8 Å². The van der Waals surface area contributed by atoms with E-state index in [0.717, 1.165) is 10.7 Å². The molecule has 2 aromatic heterocycles. The van der Waals surface area contributed by atoms with Crippen molar-refractivity contribution in [3.05, 3.63) is 45.1 Å². The summed E-state index contributed by atoms with van der Waals surface area (Å²) in [5.41, 5.74) is 1.23. The van der Waals surface area contributed by atoms with Gasteiger partial charge in [-0.25, -0.2) is 9.97 Å². The van der Waals surface area contributed by atoms with E-state index in [4.69, 9.17) is 11.6 Å². The zero-order valence-corrected chi connectivity index (χ0v) is 11.5. The number of hydrogen-bond donors (Lipinski definition) is 1. The van der Waals surface area contributed by atoms with Crippen LogP contribution >= 0.6 is 22.9 Å². The molecule has 1 amide bonds. The summed E-state index contributed by atoms with van der Waals surface area (Å²) in [7, 11) is 0. The quantitative estimate of drug-likeness (QED) is 0.880. The van der Waals surface area contributed by atoms with Gasteiger partial charge in [0.15, 0.2) is 0 Å². The number of pyridine rings is 1. The molecule has 6 heteroatoms. The monoisotopic (exact) mass is 281 g/mol. The van der Waals surface area contributed by atoms with Gasteiger partial charge in [-0.1, -0.05) is 11.6 Å². The van der Waals surface area contributed by atoms with Crippen molar-refractivity contribution in [1.82, 2.24) is 15.3 Å². The number of carbonyl (C=O) groups is 1. The van der Waals surface area contributed by atoms with Gasteiger partial charge in [0.2, 0.25) is 0 Å². The van der Waals surface area contributed by atoms with Crippen LogP contribution in [0.3, 0.4) is 0 Å². The van der Waals surface area contributed by atoms with Crippen LogP contribution in [0.1, 0.15) is 34.0 Å². The van der Waals surface area contributed by atoms with E-state index in [0.29, 0.717) is 10.7 Å². The summed E-state index contributed by atoms with van der Waals surface area (Å²) in [6.07, 6.45) is 1.72. The highest BCUT2D eigenvalue weighted by Crippen LogP contribution is 2.16. The van der Waals surface area contributed by atoms with Crippen molar-refractivity contribution in [3.8, 4) is 0 Å². The van der Waals surface area contributed by atoms with E-state index in [1.54, 1.807) is 25.3 Å². The lowest BCUT2D eigenvalue weighted by Crippen LogP contribution is -2.26. The predicted octanol–water partition coefficient (Wildman–Crippen LogP) is 2.99. The fourth-order valence-electron chi connectivity index (χ4n) is 1.55. The molecule has 0 radical (unpaired) electrons. The second-order valence-electron chi connectivity index (χ2n) is 3.89. The maximum Gasteiger partial charge on any atom is 0.252 e. The van der Waals surface area contributed by atoms with Crippen LogP contribution in [0.5, 0.6) is 0 Å². The summed E-state index contributed by atoms with van der Waals surface area (Å²) >= 11 is 7.34. The molecule has 4 nitrogen and oxygen atoms in total. The van der Waals surface area contributed by atoms with Gasteiger partial charge >= 0.3 is 0 Å². The molecule has 1 unspecified atom stereocenters. The minimum atomic E-state index is -0.176. The lowest BCUT2D eigenvalue weighted by molar-refractivity contribution is 0.0939. The number of rotatable bonds is 3. The standard InChI is InChI=1S/C12H12ClN3OS/c1-7-5-9(6-10(13)15-7)11(17)16-8(2)12-14-3-4-18-12/h3-6,8H,1-2H3,(H,16,17). The Labute approximate surface area is 114 Å². The third-order valence-corrected chi connectivity index (χ3v) is 3.51. The zero-order valence-electron chi connectivity index (χ0n) is 9.98. The van der Waals surface area contributed by atoms with Gasteiger partial charge < -0.3 is 5.32 Å². The molecule has 18 heavy (non-hydrogen) atoms.